The van der Waals surface area contributed by atoms with Crippen LogP contribution in [-0.2, 0) is 25.6 Å². The summed E-state index contributed by atoms with van der Waals surface area (Å²) in [4.78, 5) is 27.3. The number of hydrogen-bond donors (Lipinski definition) is 2. The van der Waals surface area contributed by atoms with Crippen LogP contribution in [0.15, 0.2) is 48.5 Å². The van der Waals surface area contributed by atoms with Crippen molar-refractivity contribution in [3.8, 4) is 22.5 Å². The van der Waals surface area contributed by atoms with Crippen molar-refractivity contribution in [1.29, 1.82) is 0 Å². The quantitative estimate of drug-likeness (QED) is 0.486. The van der Waals surface area contributed by atoms with Gasteiger partial charge in [0.15, 0.2) is 0 Å². The number of ether oxygens (including phenoxy) is 2. The van der Waals surface area contributed by atoms with E-state index in [1.165, 1.54) is 0 Å². The third-order valence-corrected chi connectivity index (χ3v) is 5.47. The molecule has 4 rings (SSSR count). The first kappa shape index (κ1) is 22.6. The minimum absolute atomic E-state index is 0.0958. The van der Waals surface area contributed by atoms with Gasteiger partial charge in [0.05, 0.1) is 32.1 Å². The Balaban J connectivity index is 1.48. The number of aromatic nitrogens is 3. The summed E-state index contributed by atoms with van der Waals surface area (Å²) in [6.07, 6.45) is 0.199. The predicted octanol–water partition coefficient (Wildman–Crippen LogP) is 2.54. The number of carbonyl (C=O) groups excluding carboxylic acids is 2. The van der Waals surface area contributed by atoms with Crippen LogP contribution in [0.5, 0.6) is 0 Å². The van der Waals surface area contributed by atoms with Gasteiger partial charge in [-0.15, -0.1) is 0 Å². The zero-order valence-electron chi connectivity index (χ0n) is 18.5. The first-order valence-corrected chi connectivity index (χ1v) is 10.9. The van der Waals surface area contributed by atoms with E-state index in [1.807, 2.05) is 48.5 Å². The van der Waals surface area contributed by atoms with Crippen LogP contribution in [0.2, 0.25) is 0 Å². The highest BCUT2D eigenvalue weighted by atomic mass is 16.5. The molecule has 0 atom stereocenters. The maximum Gasteiger partial charge on any atom is 0.227 e. The first-order valence-electron chi connectivity index (χ1n) is 10.9. The molecule has 2 heterocycles. The lowest BCUT2D eigenvalue weighted by Crippen LogP contribution is -2.33. The van der Waals surface area contributed by atoms with Crippen LogP contribution in [0.1, 0.15) is 18.4 Å². The maximum absolute atomic E-state index is 13.3. The number of para-hydroxylation sites is 1. The van der Waals surface area contributed by atoms with E-state index in [2.05, 4.69) is 20.7 Å². The molecule has 2 amide bonds. The van der Waals surface area contributed by atoms with Crippen LogP contribution in [-0.4, -0.2) is 60.7 Å². The molecule has 0 aliphatic carbocycles. The molecule has 0 saturated heterocycles. The van der Waals surface area contributed by atoms with Gasteiger partial charge in [-0.3, -0.25) is 9.59 Å². The van der Waals surface area contributed by atoms with Crippen molar-refractivity contribution >= 4 is 17.5 Å². The Labute approximate surface area is 192 Å². The molecule has 2 aromatic carbocycles. The molecule has 172 valence electrons. The second-order valence-electron chi connectivity index (χ2n) is 7.63. The van der Waals surface area contributed by atoms with E-state index in [0.29, 0.717) is 38.6 Å². The summed E-state index contributed by atoms with van der Waals surface area (Å²) in [6, 6.07) is 15.5. The lowest BCUT2D eigenvalue weighted by Gasteiger charge is -2.28. The molecule has 0 bridgehead atoms. The smallest absolute Gasteiger partial charge is 0.227 e. The van der Waals surface area contributed by atoms with Crippen molar-refractivity contribution < 1.29 is 19.1 Å². The van der Waals surface area contributed by atoms with Crippen LogP contribution in [0.3, 0.4) is 0 Å². The number of carbonyl (C=O) groups is 2. The maximum atomic E-state index is 13.3. The minimum atomic E-state index is -0.182. The monoisotopic (exact) mass is 449 g/mol. The van der Waals surface area contributed by atoms with Gasteiger partial charge in [-0.25, -0.2) is 0 Å². The molecule has 1 aromatic heterocycles. The van der Waals surface area contributed by atoms with Gasteiger partial charge in [0.1, 0.15) is 11.4 Å². The van der Waals surface area contributed by atoms with E-state index >= 15 is 0 Å². The largest absolute Gasteiger partial charge is 0.382 e. The Kier molecular flexibility index (Phi) is 7.43. The zero-order valence-corrected chi connectivity index (χ0v) is 18.5. The lowest BCUT2D eigenvalue weighted by molar-refractivity contribution is -0.125. The molecule has 33 heavy (non-hydrogen) atoms. The van der Waals surface area contributed by atoms with Gasteiger partial charge >= 0.3 is 0 Å². The Hall–Kier alpha value is -3.56. The summed E-state index contributed by atoms with van der Waals surface area (Å²) in [5, 5.41) is 14.2. The van der Waals surface area contributed by atoms with Crippen LogP contribution < -0.4 is 10.2 Å². The fourth-order valence-corrected chi connectivity index (χ4v) is 3.83. The van der Waals surface area contributed by atoms with E-state index in [0.717, 1.165) is 28.1 Å². The Morgan fingerprint density at radius 3 is 2.52 bits per heavy atom. The van der Waals surface area contributed by atoms with Crippen molar-refractivity contribution in [2.45, 2.75) is 19.4 Å². The number of methoxy groups -OCH3 is 1. The lowest BCUT2D eigenvalue weighted by atomic mass is 9.95. The van der Waals surface area contributed by atoms with Crippen molar-refractivity contribution in [2.75, 3.05) is 38.4 Å². The number of benzene rings is 2. The molecule has 1 aliphatic rings. The number of nitrogens with zero attached hydrogens (tertiary/aromatic N) is 3. The van der Waals surface area contributed by atoms with Gasteiger partial charge < -0.3 is 19.7 Å². The number of hydrogen-bond acceptors (Lipinski definition) is 6. The van der Waals surface area contributed by atoms with Crippen molar-refractivity contribution in [2.24, 2.45) is 0 Å². The van der Waals surface area contributed by atoms with Crippen molar-refractivity contribution in [3.05, 3.63) is 54.1 Å². The highest BCUT2D eigenvalue weighted by Gasteiger charge is 2.27. The molecule has 0 spiro atoms. The number of H-pyrrole nitrogens is 1. The molecular weight excluding hydrogens is 422 g/mol. The molecule has 1 aliphatic heterocycles. The predicted molar refractivity (Wildman–Crippen MR) is 123 cm³/mol. The van der Waals surface area contributed by atoms with Crippen LogP contribution >= 0.6 is 0 Å². The number of fused-ring (bicyclic) bond motifs is 5. The van der Waals surface area contributed by atoms with Gasteiger partial charge in [-0.05, 0) is 11.6 Å². The summed E-state index contributed by atoms with van der Waals surface area (Å²) in [5.74, 6) is -0.311. The van der Waals surface area contributed by atoms with Crippen molar-refractivity contribution in [1.82, 2.24) is 20.7 Å². The summed E-state index contributed by atoms with van der Waals surface area (Å²) >= 11 is 0. The summed E-state index contributed by atoms with van der Waals surface area (Å²) in [6.45, 7) is 2.17. The third kappa shape index (κ3) is 5.27. The number of rotatable bonds is 9. The number of amides is 2. The van der Waals surface area contributed by atoms with Gasteiger partial charge in [0, 0.05) is 37.6 Å². The minimum Gasteiger partial charge on any atom is -0.382 e. The summed E-state index contributed by atoms with van der Waals surface area (Å²) < 4.78 is 10.2. The van der Waals surface area contributed by atoms with Crippen LogP contribution in [0.4, 0.5) is 5.69 Å². The van der Waals surface area contributed by atoms with E-state index < -0.39 is 0 Å². The topological polar surface area (TPSA) is 109 Å². The molecule has 9 nitrogen and oxygen atoms in total. The summed E-state index contributed by atoms with van der Waals surface area (Å²) in [7, 11) is 1.61. The second kappa shape index (κ2) is 10.8. The molecule has 9 heteroatoms. The third-order valence-electron chi connectivity index (χ3n) is 5.47. The average Bonchev–Trinajstić information content (AvgIpc) is 3.31. The fraction of sp³-hybridized carbons (Fsp3) is 0.333. The van der Waals surface area contributed by atoms with Gasteiger partial charge in [0.25, 0.3) is 0 Å². The van der Waals surface area contributed by atoms with Crippen LogP contribution in [0.25, 0.3) is 22.5 Å². The molecule has 3 aromatic rings. The van der Waals surface area contributed by atoms with E-state index in [-0.39, 0.29) is 24.7 Å². The molecular formula is C24H27N5O4. The Morgan fingerprint density at radius 1 is 0.970 bits per heavy atom. The van der Waals surface area contributed by atoms with E-state index in [9.17, 15) is 9.59 Å². The normalized spacial score (nSPS) is 12.2. The van der Waals surface area contributed by atoms with Gasteiger partial charge in [-0.1, -0.05) is 42.5 Å². The molecule has 0 radical (unpaired) electrons. The first-order chi connectivity index (χ1) is 16.2. The Morgan fingerprint density at radius 2 is 1.70 bits per heavy atom. The van der Waals surface area contributed by atoms with Gasteiger partial charge in [0.2, 0.25) is 11.8 Å². The standard InChI is InChI=1S/C24H27N5O4/c1-32-14-15-33-13-12-25-21(30)10-11-22(31)29-16-17-6-2-3-7-18(17)23-24(27-28-26-23)19-8-4-5-9-20(19)29/h2-9H,10-16H2,1H3,(H,25,30)(H,26,27,28). The molecule has 0 saturated carbocycles. The fourth-order valence-electron chi connectivity index (χ4n) is 3.83. The number of anilines is 1. The molecule has 2 N–H and O–H groups in total. The SMILES string of the molecule is COCCOCCNC(=O)CCC(=O)N1Cc2ccccc2-c2n[nH]nc2-c2ccccc21. The number of aromatic amines is 1. The van der Waals surface area contributed by atoms with E-state index in [1.54, 1.807) is 12.0 Å². The van der Waals surface area contributed by atoms with Crippen molar-refractivity contribution in [3.63, 3.8) is 0 Å². The molecule has 0 unspecified atom stereocenters. The Bertz CT molecular complexity index is 1110. The second-order valence-corrected chi connectivity index (χ2v) is 7.63. The van der Waals surface area contributed by atoms with Gasteiger partial charge in [-0.2, -0.15) is 15.4 Å². The highest BCUT2D eigenvalue weighted by Crippen LogP contribution is 2.39. The summed E-state index contributed by atoms with van der Waals surface area (Å²) in [5.41, 5.74) is 4.92. The average molecular weight is 450 g/mol. The highest BCUT2D eigenvalue weighted by molar-refractivity contribution is 6.01. The molecule has 0 fully saturated rings. The van der Waals surface area contributed by atoms with E-state index in [4.69, 9.17) is 9.47 Å². The number of nitrogens with one attached hydrogen (secondary N) is 2. The zero-order chi connectivity index (χ0) is 23.0. The van der Waals surface area contributed by atoms with Crippen LogP contribution in [0, 0.1) is 0 Å².